The molecule has 1 unspecified atom stereocenters. The number of hydrogen-bond donors (Lipinski definition) is 0. The Balaban J connectivity index is 1.53. The molecule has 1 fully saturated rings. The van der Waals surface area contributed by atoms with Gasteiger partial charge in [-0.1, -0.05) is 56.3 Å². The second-order valence-electron chi connectivity index (χ2n) is 8.64. The van der Waals surface area contributed by atoms with Crippen LogP contribution in [0.5, 0.6) is 0 Å². The summed E-state index contributed by atoms with van der Waals surface area (Å²) >= 11 is 0. The van der Waals surface area contributed by atoms with Crippen LogP contribution in [0.25, 0.3) is 11.4 Å². The summed E-state index contributed by atoms with van der Waals surface area (Å²) in [5.41, 5.74) is 3.26. The summed E-state index contributed by atoms with van der Waals surface area (Å²) in [5.74, 6) is 0.102. The molecule has 0 spiro atoms. The van der Waals surface area contributed by atoms with Crippen molar-refractivity contribution in [2.24, 2.45) is 0 Å². The van der Waals surface area contributed by atoms with Crippen molar-refractivity contribution < 1.29 is 13.7 Å². The molecule has 1 aliphatic rings. The molecule has 0 radical (unpaired) electrons. The zero-order valence-corrected chi connectivity index (χ0v) is 17.1. The zero-order chi connectivity index (χ0) is 20.8. The van der Waals surface area contributed by atoms with E-state index < -0.39 is 5.82 Å². The number of rotatable bonds is 3. The van der Waals surface area contributed by atoms with E-state index >= 15 is 0 Å². The number of carbonyl (C=O) groups is 1. The third-order valence-electron chi connectivity index (χ3n) is 5.32. The van der Waals surface area contributed by atoms with E-state index in [2.05, 4.69) is 43.0 Å². The van der Waals surface area contributed by atoms with E-state index in [1.54, 1.807) is 12.1 Å². The second kappa shape index (κ2) is 7.10. The molecule has 1 aromatic heterocycles. The highest BCUT2D eigenvalue weighted by molar-refractivity contribution is 5.96. The Morgan fingerprint density at radius 3 is 2.52 bits per heavy atom. The number of anilines is 1. The van der Waals surface area contributed by atoms with E-state index in [0.717, 1.165) is 11.1 Å². The van der Waals surface area contributed by atoms with Gasteiger partial charge >= 0.3 is 0 Å². The van der Waals surface area contributed by atoms with E-state index in [4.69, 9.17) is 4.52 Å². The van der Waals surface area contributed by atoms with Crippen LogP contribution in [0.4, 0.5) is 10.1 Å². The molecule has 1 amide bonds. The first-order chi connectivity index (χ1) is 13.7. The number of halogens is 1. The maximum Gasteiger partial charge on any atom is 0.232 e. The summed E-state index contributed by atoms with van der Waals surface area (Å²) in [5, 5.41) is 4.08. The Bertz CT molecular complexity index is 1050. The Hall–Kier alpha value is -3.02. The Kier molecular flexibility index (Phi) is 4.73. The van der Waals surface area contributed by atoms with Gasteiger partial charge < -0.3 is 9.42 Å². The lowest BCUT2D eigenvalue weighted by atomic mass is 9.87. The largest absolute Gasteiger partial charge is 0.339 e. The van der Waals surface area contributed by atoms with Gasteiger partial charge in [0.1, 0.15) is 5.82 Å². The SMILES string of the molecule is Cc1ccc(N2CC(c3nc(-c4ccc(C(C)(C)C)cc4)no3)CC2=O)c(F)c1. The van der Waals surface area contributed by atoms with Crippen LogP contribution in [0.2, 0.25) is 0 Å². The number of carbonyl (C=O) groups excluding carboxylic acids is 1. The number of aryl methyl sites for hydroxylation is 1. The van der Waals surface area contributed by atoms with Crippen molar-refractivity contribution in [1.29, 1.82) is 0 Å². The van der Waals surface area contributed by atoms with Crippen molar-refractivity contribution in [2.45, 2.75) is 45.4 Å². The van der Waals surface area contributed by atoms with Gasteiger partial charge in [0.2, 0.25) is 17.6 Å². The van der Waals surface area contributed by atoms with Gasteiger partial charge in [0, 0.05) is 18.5 Å². The first-order valence-corrected chi connectivity index (χ1v) is 9.73. The van der Waals surface area contributed by atoms with Crippen LogP contribution in [0.15, 0.2) is 47.0 Å². The van der Waals surface area contributed by atoms with Gasteiger partial charge in [-0.15, -0.1) is 0 Å². The van der Waals surface area contributed by atoms with Crippen LogP contribution < -0.4 is 4.90 Å². The van der Waals surface area contributed by atoms with Crippen LogP contribution in [0.3, 0.4) is 0 Å². The number of aromatic nitrogens is 2. The summed E-state index contributed by atoms with van der Waals surface area (Å²) in [4.78, 5) is 18.4. The molecular weight excluding hydrogens is 369 g/mol. The van der Waals surface area contributed by atoms with Crippen LogP contribution in [0, 0.1) is 12.7 Å². The number of nitrogens with zero attached hydrogens (tertiary/aromatic N) is 3. The van der Waals surface area contributed by atoms with Gasteiger partial charge in [-0.2, -0.15) is 4.98 Å². The van der Waals surface area contributed by atoms with Crippen molar-refractivity contribution >= 4 is 11.6 Å². The average Bonchev–Trinajstić information content (AvgIpc) is 3.28. The Morgan fingerprint density at radius 2 is 1.86 bits per heavy atom. The number of benzene rings is 2. The third-order valence-corrected chi connectivity index (χ3v) is 5.32. The third kappa shape index (κ3) is 3.79. The lowest BCUT2D eigenvalue weighted by molar-refractivity contribution is -0.117. The molecule has 4 rings (SSSR count). The molecule has 0 bridgehead atoms. The maximum absolute atomic E-state index is 14.3. The van der Waals surface area contributed by atoms with Crippen molar-refractivity contribution in [3.8, 4) is 11.4 Å². The van der Waals surface area contributed by atoms with Crippen LogP contribution in [-0.4, -0.2) is 22.6 Å². The van der Waals surface area contributed by atoms with Gasteiger partial charge in [-0.05, 0) is 35.6 Å². The van der Waals surface area contributed by atoms with Gasteiger partial charge in [-0.25, -0.2) is 4.39 Å². The fraction of sp³-hybridized carbons (Fsp3) is 0.348. The van der Waals surface area contributed by atoms with Crippen molar-refractivity contribution in [3.63, 3.8) is 0 Å². The fourth-order valence-electron chi connectivity index (χ4n) is 3.57. The molecule has 0 N–H and O–H groups in total. The second-order valence-corrected chi connectivity index (χ2v) is 8.64. The molecule has 2 heterocycles. The first kappa shape index (κ1) is 19.3. The summed E-state index contributed by atoms with van der Waals surface area (Å²) in [6.07, 6.45) is 0.220. The molecular formula is C23H24FN3O2. The van der Waals surface area contributed by atoms with E-state index in [1.165, 1.54) is 16.5 Å². The van der Waals surface area contributed by atoms with Crippen LogP contribution >= 0.6 is 0 Å². The minimum absolute atomic E-state index is 0.0693. The predicted octanol–water partition coefficient (Wildman–Crippen LogP) is 5.00. The average molecular weight is 393 g/mol. The molecule has 3 aromatic rings. The normalized spacial score (nSPS) is 17.2. The zero-order valence-electron chi connectivity index (χ0n) is 17.1. The first-order valence-electron chi connectivity index (χ1n) is 9.73. The minimum Gasteiger partial charge on any atom is -0.339 e. The van der Waals surface area contributed by atoms with Crippen molar-refractivity contribution in [3.05, 3.63) is 65.3 Å². The highest BCUT2D eigenvalue weighted by Gasteiger charge is 2.36. The molecule has 1 atom stereocenters. The molecule has 29 heavy (non-hydrogen) atoms. The maximum atomic E-state index is 14.3. The smallest absolute Gasteiger partial charge is 0.232 e. The molecule has 2 aromatic carbocycles. The Labute approximate surface area is 169 Å². The summed E-state index contributed by atoms with van der Waals surface area (Å²) < 4.78 is 19.8. The topological polar surface area (TPSA) is 59.2 Å². The highest BCUT2D eigenvalue weighted by Crippen LogP contribution is 2.33. The lowest BCUT2D eigenvalue weighted by Gasteiger charge is -2.18. The molecule has 0 aliphatic carbocycles. The summed E-state index contributed by atoms with van der Waals surface area (Å²) in [7, 11) is 0. The van der Waals surface area contributed by atoms with E-state index in [9.17, 15) is 9.18 Å². The highest BCUT2D eigenvalue weighted by atomic mass is 19.1. The van der Waals surface area contributed by atoms with Gasteiger partial charge in [0.15, 0.2) is 0 Å². The monoisotopic (exact) mass is 393 g/mol. The summed E-state index contributed by atoms with van der Waals surface area (Å²) in [6, 6.07) is 12.9. The number of hydrogen-bond acceptors (Lipinski definition) is 4. The van der Waals surface area contributed by atoms with E-state index in [1.807, 2.05) is 19.1 Å². The standard InChI is InChI=1S/C23H24FN3O2/c1-14-5-10-19(18(24)11-14)27-13-16(12-20(27)28)22-25-21(26-29-22)15-6-8-17(9-7-15)23(2,3)4/h5-11,16H,12-13H2,1-4H3. The van der Waals surface area contributed by atoms with Crippen LogP contribution in [0.1, 0.15) is 50.1 Å². The summed E-state index contributed by atoms with van der Waals surface area (Å²) in [6.45, 7) is 8.62. The van der Waals surface area contributed by atoms with Crippen molar-refractivity contribution in [2.75, 3.05) is 11.4 Å². The predicted molar refractivity (Wildman–Crippen MR) is 109 cm³/mol. The quantitative estimate of drug-likeness (QED) is 0.628. The molecule has 150 valence electrons. The van der Waals surface area contributed by atoms with Crippen LogP contribution in [-0.2, 0) is 10.2 Å². The van der Waals surface area contributed by atoms with Gasteiger partial charge in [0.05, 0.1) is 11.6 Å². The van der Waals surface area contributed by atoms with Crippen molar-refractivity contribution in [1.82, 2.24) is 10.1 Å². The molecule has 1 saturated heterocycles. The number of amides is 1. The molecule has 6 heteroatoms. The van der Waals surface area contributed by atoms with E-state index in [0.29, 0.717) is 23.9 Å². The Morgan fingerprint density at radius 1 is 1.14 bits per heavy atom. The minimum atomic E-state index is -0.399. The van der Waals surface area contributed by atoms with Gasteiger partial charge in [0.25, 0.3) is 0 Å². The fourth-order valence-corrected chi connectivity index (χ4v) is 3.57. The van der Waals surface area contributed by atoms with Gasteiger partial charge in [-0.3, -0.25) is 4.79 Å². The lowest BCUT2D eigenvalue weighted by Crippen LogP contribution is -2.25. The molecule has 0 saturated carbocycles. The molecule has 1 aliphatic heterocycles. The molecule has 5 nitrogen and oxygen atoms in total. The van der Waals surface area contributed by atoms with E-state index in [-0.39, 0.29) is 23.7 Å².